The Balaban J connectivity index is 0.000000216. The molecule has 4 N–H and O–H groups in total. The molecule has 2 aliphatic carbocycles. The number of carbonyl (C=O) groups is 3. The summed E-state index contributed by atoms with van der Waals surface area (Å²) >= 11 is 4.22. The van der Waals surface area contributed by atoms with E-state index in [9.17, 15) is 27.6 Å². The molecule has 462 valence electrons. The largest absolute Gasteiger partial charge is 0.494 e. The van der Waals surface area contributed by atoms with Gasteiger partial charge in [0.05, 0.1) is 46.8 Å². The van der Waals surface area contributed by atoms with Crippen LogP contribution in [0.5, 0.6) is 0 Å². The molecule has 0 unspecified atom stereocenters. The van der Waals surface area contributed by atoms with Gasteiger partial charge in [-0.25, -0.2) is 36.9 Å². The number of nitrogens with zero attached hydrogens (tertiary/aromatic N) is 7. The van der Waals surface area contributed by atoms with Gasteiger partial charge in [-0.1, -0.05) is 73.5 Å². The highest BCUT2D eigenvalue weighted by atomic mass is 127. The normalized spacial score (nSPS) is 25.0. The van der Waals surface area contributed by atoms with Gasteiger partial charge in [-0.3, -0.25) is 29.5 Å². The number of carbonyl (C=O) groups excluding carboxylic acids is 3. The third kappa shape index (κ3) is 15.0. The number of benzene rings is 2. The number of ether oxygens (including phenoxy) is 2. The zero-order chi connectivity index (χ0) is 64.5. The van der Waals surface area contributed by atoms with Gasteiger partial charge >= 0.3 is 13.2 Å². The van der Waals surface area contributed by atoms with Crippen LogP contribution >= 0.6 is 46.1 Å². The van der Waals surface area contributed by atoms with Crippen molar-refractivity contribution in [1.82, 2.24) is 25.5 Å². The van der Waals surface area contributed by atoms with E-state index in [0.717, 1.165) is 6.04 Å². The van der Waals surface area contributed by atoms with E-state index >= 15 is 4.39 Å². The van der Waals surface area contributed by atoms with E-state index in [1.165, 1.54) is 99.5 Å². The number of amidine groups is 2. The molecule has 9 rings (SSSR count). The number of pyridine rings is 2. The molecule has 0 radical (unpaired) electrons. The van der Waals surface area contributed by atoms with Crippen molar-refractivity contribution in [1.29, 1.82) is 0 Å². The van der Waals surface area contributed by atoms with E-state index in [2.05, 4.69) is 54.9 Å². The Morgan fingerprint density at radius 2 is 1.31 bits per heavy atom. The number of amides is 3. The molecule has 17 nitrogen and oxygen atoms in total. The quantitative estimate of drug-likeness (QED) is 0.0286. The highest BCUT2D eigenvalue weighted by molar-refractivity contribution is 14.1. The predicted octanol–water partition coefficient (Wildman–Crippen LogP) is 12.9. The lowest BCUT2D eigenvalue weighted by atomic mass is 9.75. The van der Waals surface area contributed by atoms with E-state index in [1.54, 1.807) is 76.5 Å². The zero-order valence-corrected chi connectivity index (χ0v) is 55.9. The van der Waals surface area contributed by atoms with Crippen molar-refractivity contribution in [3.05, 3.63) is 140 Å². The summed E-state index contributed by atoms with van der Waals surface area (Å²) in [6.07, 6.45) is 4.22. The standard InChI is InChI=1S/C31H49BFN3O6SSi.C22H19F2N5OS.C8H4FIN2/c1-27(2,3)40-26(38)36(19-39-15-16-44(10,11)12)25-35-30(8,23-18-31(23,43-25)24(37)34-9)21-17-20(13-14-22(21)33)32-41-28(4,5)29(6,7)42-32;1-21(18-10-22(18,19(30)27-3)31-20(25)29-21)14-8-12(4-6-15(14)23)9-16(24)17-7-5-13(26-2)11-28-17;1-11-6-2-3-8(12-5-6)7(9)4-10/h13-14,17,23H,15-16,18-19H2,1-12H3,(H,34,37);4-9,11,18H,10H2,1,3H3,(H2,25,29)(H,27,30);2-5H/b;16-9-;7-4-/t23-,30+,31-;18-,21+,22-;/m00./s1. The minimum absolute atomic E-state index is 0.0710. The summed E-state index contributed by atoms with van der Waals surface area (Å²) in [5.41, 5.74) is 4.55. The first-order valence-electron chi connectivity index (χ1n) is 27.9. The van der Waals surface area contributed by atoms with Crippen LogP contribution in [0.15, 0.2) is 87.1 Å². The number of aliphatic imine (C=N–C) groups is 2. The van der Waals surface area contributed by atoms with E-state index in [1.807, 2.05) is 34.6 Å². The number of nitrogens with one attached hydrogen (secondary N) is 2. The molecular formula is C61H72BF4IN10O7S2Si. The second kappa shape index (κ2) is 26.1. The summed E-state index contributed by atoms with van der Waals surface area (Å²) in [5.74, 6) is -2.88. The maximum atomic E-state index is 15.9. The summed E-state index contributed by atoms with van der Waals surface area (Å²) in [6.45, 7) is 37.5. The van der Waals surface area contributed by atoms with Crippen molar-refractivity contribution in [3.63, 3.8) is 0 Å². The summed E-state index contributed by atoms with van der Waals surface area (Å²) in [7, 11) is 1.05. The number of nitrogens with two attached hydrogens (primary N) is 1. The molecule has 3 fully saturated rings. The molecule has 87 heavy (non-hydrogen) atoms. The summed E-state index contributed by atoms with van der Waals surface area (Å²) in [5, 5.41) is 5.91. The summed E-state index contributed by atoms with van der Waals surface area (Å²) in [4.78, 5) is 64.5. The van der Waals surface area contributed by atoms with Crippen molar-refractivity contribution in [2.45, 2.75) is 138 Å². The Labute approximate surface area is 529 Å². The maximum Gasteiger partial charge on any atom is 0.494 e. The van der Waals surface area contributed by atoms with Crippen molar-refractivity contribution in [3.8, 4) is 0 Å². The van der Waals surface area contributed by atoms with Crippen LogP contribution in [-0.2, 0) is 39.4 Å². The van der Waals surface area contributed by atoms with Crippen LogP contribution in [-0.4, -0.2) is 112 Å². The lowest BCUT2D eigenvalue weighted by Crippen LogP contribution is -2.48. The van der Waals surface area contributed by atoms with Gasteiger partial charge in [-0.2, -0.15) is 0 Å². The van der Waals surface area contributed by atoms with Gasteiger partial charge in [0.1, 0.15) is 39.3 Å². The van der Waals surface area contributed by atoms with Gasteiger partial charge in [0.25, 0.3) is 0 Å². The summed E-state index contributed by atoms with van der Waals surface area (Å²) in [6, 6.07) is 15.8. The van der Waals surface area contributed by atoms with Crippen LogP contribution in [0.2, 0.25) is 25.7 Å². The molecule has 5 aliphatic rings. The molecule has 3 aliphatic heterocycles. The van der Waals surface area contributed by atoms with Gasteiger partial charge in [0.15, 0.2) is 16.2 Å². The number of fused-ring (bicyclic) bond motifs is 2. The number of aromatic nitrogens is 2. The third-order valence-electron chi connectivity index (χ3n) is 15.9. The van der Waals surface area contributed by atoms with E-state index < -0.39 is 76.1 Å². The van der Waals surface area contributed by atoms with Crippen molar-refractivity contribution in [2.24, 2.45) is 27.6 Å². The molecule has 2 saturated carbocycles. The molecule has 5 heterocycles. The molecule has 2 aromatic carbocycles. The highest BCUT2D eigenvalue weighted by Crippen LogP contribution is 2.67. The number of hydrogen-bond donors (Lipinski definition) is 3. The molecular weight excluding hydrogens is 1290 g/mol. The van der Waals surface area contributed by atoms with E-state index in [4.69, 9.17) is 42.7 Å². The number of thioether (sulfide) groups is 2. The Morgan fingerprint density at radius 3 is 1.79 bits per heavy atom. The van der Waals surface area contributed by atoms with E-state index in [0.29, 0.717) is 47.4 Å². The van der Waals surface area contributed by atoms with Gasteiger partial charge in [0.2, 0.25) is 23.2 Å². The molecule has 0 bridgehead atoms. The van der Waals surface area contributed by atoms with Gasteiger partial charge in [-0.15, -0.1) is 0 Å². The second-order valence-corrected chi connectivity index (χ2v) is 34.0. The van der Waals surface area contributed by atoms with Crippen molar-refractivity contribution in [2.75, 3.05) is 27.4 Å². The van der Waals surface area contributed by atoms with Crippen LogP contribution in [0.25, 0.3) is 27.4 Å². The first kappa shape index (κ1) is 68.4. The third-order valence-corrected chi connectivity index (χ3v) is 21.0. The number of hydrogen-bond acceptors (Lipinski definition) is 14. The van der Waals surface area contributed by atoms with Gasteiger partial charge in [-0.05, 0) is 151 Å². The molecule has 1 saturated heterocycles. The molecule has 2 aromatic heterocycles. The summed E-state index contributed by atoms with van der Waals surface area (Å²) < 4.78 is 82.2. The smallest absolute Gasteiger partial charge is 0.443 e. The fourth-order valence-electron chi connectivity index (χ4n) is 10.2. The second-order valence-electron chi connectivity index (χ2n) is 25.1. The molecule has 4 aromatic rings. The average Bonchev–Trinajstić information content (AvgIpc) is 1.54. The van der Waals surface area contributed by atoms with E-state index in [-0.39, 0.29) is 63.5 Å². The first-order valence-corrected chi connectivity index (χ1v) is 34.5. The Kier molecular flexibility index (Phi) is 20.5. The minimum Gasteiger partial charge on any atom is -0.443 e. The first-order chi connectivity index (χ1) is 40.6. The lowest BCUT2D eigenvalue weighted by molar-refractivity contribution is -0.122. The molecule has 0 spiro atoms. The monoisotopic (exact) mass is 1360 g/mol. The van der Waals surface area contributed by atoms with Crippen LogP contribution in [0.1, 0.15) is 103 Å². The van der Waals surface area contributed by atoms with Gasteiger partial charge < -0.3 is 35.1 Å². The molecule has 6 atom stereocenters. The fraction of sp³-hybridized carbons (Fsp3) is 0.459. The van der Waals surface area contributed by atoms with Crippen LogP contribution < -0.4 is 21.8 Å². The van der Waals surface area contributed by atoms with Gasteiger partial charge in [0, 0.05) is 68.2 Å². The Bertz CT molecular complexity index is 3510. The molecule has 26 heteroatoms. The Morgan fingerprint density at radius 1 is 0.805 bits per heavy atom. The van der Waals surface area contributed by atoms with Crippen LogP contribution in [0.3, 0.4) is 0 Å². The molecule has 3 amide bonds. The van der Waals surface area contributed by atoms with Crippen molar-refractivity contribution >= 4 is 124 Å². The number of halogens is 5. The SMILES string of the molecule is CNC(=O)[C@]12C[C@H]1[C@@](C)(c1cc(B3OC(C)(C)C(C)(C)O3)ccc1F)N=C(N(COCC[Si](C)(C)C)C(=O)OC(C)(C)C)S2.[C-]#[N+]c1ccc(/C(F)=C/I)nc1.[C-]#[N+]c1ccc(/C(F)=C/c2ccc(F)c([C@@]3(C)N=C(N)S[C@@]4(C(=O)NC)C[C@H]43)c2)nc1. The minimum atomic E-state index is -1.39. The predicted molar refractivity (Wildman–Crippen MR) is 347 cm³/mol. The zero-order valence-electron chi connectivity index (χ0n) is 51.1. The van der Waals surface area contributed by atoms with Crippen molar-refractivity contribution < 1.29 is 50.7 Å². The fourth-order valence-corrected chi connectivity index (χ4v) is 14.3. The van der Waals surface area contributed by atoms with Crippen LogP contribution in [0.4, 0.5) is 33.7 Å². The van der Waals surface area contributed by atoms with Crippen LogP contribution in [0, 0.1) is 36.6 Å². The highest BCUT2D eigenvalue weighted by Gasteiger charge is 2.72. The maximum absolute atomic E-state index is 15.9. The number of rotatable bonds is 13. The lowest BCUT2D eigenvalue weighted by Gasteiger charge is -2.37. The topological polar surface area (TPSA) is 201 Å². The average molecular weight is 1360 g/mol. The Hall–Kier alpha value is -6.14.